The van der Waals surface area contributed by atoms with E-state index in [4.69, 9.17) is 0 Å². The van der Waals surface area contributed by atoms with E-state index in [9.17, 15) is 9.59 Å². The number of aromatic nitrogens is 5. The molecule has 25 heavy (non-hydrogen) atoms. The minimum atomic E-state index is -0.283. The molecule has 130 valence electrons. The maximum absolute atomic E-state index is 13.1. The van der Waals surface area contributed by atoms with Crippen LogP contribution >= 0.6 is 0 Å². The molecule has 0 aliphatic carbocycles. The van der Waals surface area contributed by atoms with Crippen LogP contribution in [0.2, 0.25) is 0 Å². The topological polar surface area (TPSA) is 88.8 Å². The maximum Gasteiger partial charge on any atom is 0.274 e. The molecule has 0 radical (unpaired) electrons. The molecule has 1 aliphatic rings. The molecule has 0 aromatic carbocycles. The van der Waals surface area contributed by atoms with Crippen LogP contribution in [0.3, 0.4) is 0 Å². The molecule has 3 aromatic heterocycles. The fraction of sp³-hybridized carbons (Fsp3) is 0.412. The molecule has 1 amide bonds. The standard InChI is InChI=1S/C17H20N6O2/c1-11-9-13(14-15(19-11)21(2)20-16(14)24)17(25)22-7-3-5-12(10-22)23-8-4-6-18-23/h4,6,8-9,12H,3,5,7,10H2,1-2H3,(H,20,24). The number of rotatable bonds is 2. The van der Waals surface area contributed by atoms with E-state index < -0.39 is 0 Å². The number of hydrogen-bond donors (Lipinski definition) is 1. The molecule has 0 bridgehead atoms. The number of piperidine rings is 1. The predicted octanol–water partition coefficient (Wildman–Crippen LogP) is 1.24. The SMILES string of the molecule is Cc1cc(C(=O)N2CCCC(n3cccn3)C2)c2c(=O)[nH]n(C)c2n1. The molecule has 0 saturated carbocycles. The zero-order valence-corrected chi connectivity index (χ0v) is 14.3. The lowest BCUT2D eigenvalue weighted by Gasteiger charge is -2.33. The van der Waals surface area contributed by atoms with Crippen LogP contribution in [0, 0.1) is 6.92 Å². The molecule has 0 spiro atoms. The summed E-state index contributed by atoms with van der Waals surface area (Å²) in [5, 5.41) is 7.34. The third-order valence-corrected chi connectivity index (χ3v) is 4.76. The van der Waals surface area contributed by atoms with E-state index >= 15 is 0 Å². The first-order valence-electron chi connectivity index (χ1n) is 8.39. The second-order valence-corrected chi connectivity index (χ2v) is 6.54. The van der Waals surface area contributed by atoms with Crippen LogP contribution in [0.5, 0.6) is 0 Å². The van der Waals surface area contributed by atoms with Gasteiger partial charge in [0, 0.05) is 38.2 Å². The Morgan fingerprint density at radius 1 is 1.40 bits per heavy atom. The van der Waals surface area contributed by atoms with E-state index in [1.54, 1.807) is 24.0 Å². The van der Waals surface area contributed by atoms with Gasteiger partial charge in [0.05, 0.1) is 17.0 Å². The molecule has 8 nitrogen and oxygen atoms in total. The molecule has 1 fully saturated rings. The van der Waals surface area contributed by atoms with Crippen molar-refractivity contribution in [3.63, 3.8) is 0 Å². The highest BCUT2D eigenvalue weighted by Crippen LogP contribution is 2.24. The molecule has 1 unspecified atom stereocenters. The number of pyridine rings is 1. The quantitative estimate of drug-likeness (QED) is 0.760. The normalized spacial score (nSPS) is 18.0. The van der Waals surface area contributed by atoms with Gasteiger partial charge in [-0.3, -0.25) is 24.1 Å². The van der Waals surface area contributed by atoms with Crippen LogP contribution < -0.4 is 5.56 Å². The number of aryl methyl sites for hydroxylation is 2. The second kappa shape index (κ2) is 5.87. The van der Waals surface area contributed by atoms with Crippen molar-refractivity contribution in [2.24, 2.45) is 7.05 Å². The largest absolute Gasteiger partial charge is 0.336 e. The molecular formula is C17H20N6O2. The molecule has 8 heteroatoms. The van der Waals surface area contributed by atoms with Crippen molar-refractivity contribution in [1.29, 1.82) is 0 Å². The molecule has 1 N–H and O–H groups in total. The summed E-state index contributed by atoms with van der Waals surface area (Å²) in [6.45, 7) is 3.11. The van der Waals surface area contributed by atoms with Gasteiger partial charge in [-0.2, -0.15) is 5.10 Å². The Morgan fingerprint density at radius 3 is 3.00 bits per heavy atom. The third-order valence-electron chi connectivity index (χ3n) is 4.76. The maximum atomic E-state index is 13.1. The fourth-order valence-electron chi connectivity index (χ4n) is 3.58. The van der Waals surface area contributed by atoms with Crippen LogP contribution in [0.25, 0.3) is 11.0 Å². The minimum Gasteiger partial charge on any atom is -0.336 e. The van der Waals surface area contributed by atoms with Crippen LogP contribution in [0.4, 0.5) is 0 Å². The van der Waals surface area contributed by atoms with E-state index in [2.05, 4.69) is 15.2 Å². The van der Waals surface area contributed by atoms with Gasteiger partial charge in [0.25, 0.3) is 11.5 Å². The highest BCUT2D eigenvalue weighted by molar-refractivity contribution is 6.05. The van der Waals surface area contributed by atoms with Gasteiger partial charge < -0.3 is 4.90 Å². The fourth-order valence-corrected chi connectivity index (χ4v) is 3.58. The summed E-state index contributed by atoms with van der Waals surface area (Å²) in [6.07, 6.45) is 5.58. The Kier molecular flexibility index (Phi) is 3.67. The molecular weight excluding hydrogens is 320 g/mol. The molecule has 4 rings (SSSR count). The number of nitrogens with zero attached hydrogens (tertiary/aromatic N) is 5. The van der Waals surface area contributed by atoms with Crippen molar-refractivity contribution < 1.29 is 4.79 Å². The van der Waals surface area contributed by atoms with E-state index in [-0.39, 0.29) is 17.5 Å². The van der Waals surface area contributed by atoms with Crippen molar-refractivity contribution >= 4 is 16.9 Å². The van der Waals surface area contributed by atoms with Crippen molar-refractivity contribution in [3.8, 4) is 0 Å². The van der Waals surface area contributed by atoms with Gasteiger partial charge in [-0.15, -0.1) is 0 Å². The summed E-state index contributed by atoms with van der Waals surface area (Å²) in [6, 6.07) is 3.76. The van der Waals surface area contributed by atoms with E-state index in [0.29, 0.717) is 35.4 Å². The van der Waals surface area contributed by atoms with E-state index in [0.717, 1.165) is 12.8 Å². The van der Waals surface area contributed by atoms with Crippen LogP contribution in [-0.4, -0.2) is 48.4 Å². The highest BCUT2D eigenvalue weighted by atomic mass is 16.2. The summed E-state index contributed by atoms with van der Waals surface area (Å²) >= 11 is 0. The zero-order valence-electron chi connectivity index (χ0n) is 14.3. The summed E-state index contributed by atoms with van der Waals surface area (Å²) < 4.78 is 3.46. The monoisotopic (exact) mass is 340 g/mol. The van der Waals surface area contributed by atoms with Crippen molar-refractivity contribution in [1.82, 2.24) is 29.4 Å². The van der Waals surface area contributed by atoms with Gasteiger partial charge >= 0.3 is 0 Å². The van der Waals surface area contributed by atoms with Crippen molar-refractivity contribution in [2.75, 3.05) is 13.1 Å². The molecule has 1 atom stereocenters. The number of fused-ring (bicyclic) bond motifs is 1. The second-order valence-electron chi connectivity index (χ2n) is 6.54. The number of carbonyl (C=O) groups is 1. The first-order valence-corrected chi connectivity index (χ1v) is 8.39. The van der Waals surface area contributed by atoms with E-state index in [1.165, 1.54) is 0 Å². The van der Waals surface area contributed by atoms with Gasteiger partial charge in [-0.25, -0.2) is 4.98 Å². The number of likely N-dealkylation sites (tertiary alicyclic amines) is 1. The molecule has 1 aliphatic heterocycles. The van der Waals surface area contributed by atoms with Crippen LogP contribution in [-0.2, 0) is 7.05 Å². The average molecular weight is 340 g/mol. The smallest absolute Gasteiger partial charge is 0.274 e. The van der Waals surface area contributed by atoms with Gasteiger partial charge in [-0.05, 0) is 31.9 Å². The lowest BCUT2D eigenvalue weighted by molar-refractivity contribution is 0.0674. The zero-order chi connectivity index (χ0) is 17.6. The highest BCUT2D eigenvalue weighted by Gasteiger charge is 2.28. The predicted molar refractivity (Wildman–Crippen MR) is 92.5 cm³/mol. The van der Waals surface area contributed by atoms with Crippen LogP contribution in [0.15, 0.2) is 29.3 Å². The number of carbonyl (C=O) groups excluding carboxylic acids is 1. The first kappa shape index (κ1) is 15.6. The number of hydrogen-bond acceptors (Lipinski definition) is 4. The lowest BCUT2D eigenvalue weighted by atomic mass is 10.0. The summed E-state index contributed by atoms with van der Waals surface area (Å²) in [7, 11) is 1.72. The van der Waals surface area contributed by atoms with E-state index in [1.807, 2.05) is 28.8 Å². The summed E-state index contributed by atoms with van der Waals surface area (Å²) in [5.74, 6) is -0.121. The Labute approximate surface area is 144 Å². The number of aromatic amines is 1. The first-order chi connectivity index (χ1) is 12.0. The Hall–Kier alpha value is -2.90. The number of nitrogens with one attached hydrogen (secondary N) is 1. The summed E-state index contributed by atoms with van der Waals surface area (Å²) in [5.41, 5.74) is 1.36. The van der Waals surface area contributed by atoms with Gasteiger partial charge in [0.2, 0.25) is 0 Å². The molecule has 4 heterocycles. The average Bonchev–Trinajstić information content (AvgIpc) is 3.23. The van der Waals surface area contributed by atoms with Gasteiger partial charge in [0.1, 0.15) is 0 Å². The van der Waals surface area contributed by atoms with Crippen LogP contribution in [0.1, 0.15) is 34.9 Å². The lowest BCUT2D eigenvalue weighted by Crippen LogP contribution is -2.41. The number of H-pyrrole nitrogens is 1. The van der Waals surface area contributed by atoms with Gasteiger partial charge in [0.15, 0.2) is 5.65 Å². The summed E-state index contributed by atoms with van der Waals surface area (Å²) in [4.78, 5) is 31.6. The van der Waals surface area contributed by atoms with Crippen molar-refractivity contribution in [3.05, 3.63) is 46.1 Å². The minimum absolute atomic E-state index is 0.121. The van der Waals surface area contributed by atoms with Gasteiger partial charge in [-0.1, -0.05) is 0 Å². The third kappa shape index (κ3) is 2.63. The number of amides is 1. The molecule has 1 saturated heterocycles. The van der Waals surface area contributed by atoms with Crippen molar-refractivity contribution in [2.45, 2.75) is 25.8 Å². The molecule has 3 aromatic rings. The Morgan fingerprint density at radius 2 is 2.24 bits per heavy atom. The Balaban J connectivity index is 1.71. The Bertz CT molecular complexity index is 985.